The topological polar surface area (TPSA) is 22.4 Å². The smallest absolute Gasteiger partial charge is 0.136 e. The van der Waals surface area contributed by atoms with Gasteiger partial charge in [0.05, 0.1) is 0 Å². The Hall–Kier alpha value is -6.12. The average Bonchev–Trinajstić information content (AvgIpc) is 3.63. The number of rotatable bonds is 2. The molecule has 0 amide bonds. The van der Waals surface area contributed by atoms with E-state index in [0.29, 0.717) is 0 Å². The normalized spacial score (nSPS) is 13.8. The second kappa shape index (κ2) is 9.49. The molecule has 1 aliphatic heterocycles. The van der Waals surface area contributed by atoms with Gasteiger partial charge in [-0.15, -0.1) is 0 Å². The summed E-state index contributed by atoms with van der Waals surface area (Å²) in [6.07, 6.45) is 0. The molecule has 2 heterocycles. The van der Waals surface area contributed by atoms with Crippen LogP contribution in [0.1, 0.15) is 25.0 Å². The molecule has 1 aliphatic carbocycles. The Balaban J connectivity index is 1.13. The molecule has 9 aromatic rings. The standard InChI is InChI=1S/C47H30O2/c1-47(2)39-14-5-3-12-35(39)45-36(31-19-21-33-32-11-4-6-15-40(32)49-43(33)26-31)25-30-18-17-28(23-37(30)46(45)47)29-20-22-41-38(24-29)34-13-7-9-27-10-8-16-42(48-41)44(27)34/h3-26H,1-2H3. The van der Waals surface area contributed by atoms with Crippen LogP contribution in [0.4, 0.5) is 0 Å². The number of benzene rings is 8. The maximum atomic E-state index is 6.43. The van der Waals surface area contributed by atoms with Crippen molar-refractivity contribution < 1.29 is 9.15 Å². The van der Waals surface area contributed by atoms with Gasteiger partial charge in [0.1, 0.15) is 22.7 Å². The summed E-state index contributed by atoms with van der Waals surface area (Å²) in [7, 11) is 0. The van der Waals surface area contributed by atoms with E-state index in [4.69, 9.17) is 9.15 Å². The first kappa shape index (κ1) is 26.9. The first-order valence-electron chi connectivity index (χ1n) is 17.0. The second-order valence-electron chi connectivity index (χ2n) is 14.1. The van der Waals surface area contributed by atoms with Crippen LogP contribution >= 0.6 is 0 Å². The van der Waals surface area contributed by atoms with Crippen LogP contribution in [0, 0.1) is 0 Å². The SMILES string of the molecule is CC1(C)c2ccccc2-c2c(-c3ccc4c(c3)oc3ccccc34)cc3ccc(-c4ccc5c(c4)-c4cccc6cccc(c46)O5)cc3c21. The van der Waals surface area contributed by atoms with Crippen molar-refractivity contribution in [3.63, 3.8) is 0 Å². The fraction of sp³-hybridized carbons (Fsp3) is 0.0638. The van der Waals surface area contributed by atoms with Crippen LogP contribution < -0.4 is 4.74 Å². The second-order valence-corrected chi connectivity index (χ2v) is 14.1. The molecular weight excluding hydrogens is 597 g/mol. The molecule has 0 fully saturated rings. The fourth-order valence-corrected chi connectivity index (χ4v) is 8.75. The lowest BCUT2D eigenvalue weighted by molar-refractivity contribution is 0.487. The molecule has 1 aromatic heterocycles. The van der Waals surface area contributed by atoms with Crippen LogP contribution in [0.5, 0.6) is 11.5 Å². The third-order valence-corrected chi connectivity index (χ3v) is 11.0. The van der Waals surface area contributed by atoms with Gasteiger partial charge in [-0.3, -0.25) is 0 Å². The van der Waals surface area contributed by atoms with Crippen LogP contribution in [-0.2, 0) is 5.41 Å². The third kappa shape index (κ3) is 3.66. The number of ether oxygens (including phenoxy) is 1. The quantitative estimate of drug-likeness (QED) is 0.190. The van der Waals surface area contributed by atoms with Gasteiger partial charge in [0.2, 0.25) is 0 Å². The Morgan fingerprint density at radius 3 is 2.14 bits per heavy atom. The summed E-state index contributed by atoms with van der Waals surface area (Å²) in [5.41, 5.74) is 14.2. The van der Waals surface area contributed by atoms with Crippen molar-refractivity contribution in [1.82, 2.24) is 0 Å². The minimum absolute atomic E-state index is 0.175. The molecule has 8 aromatic carbocycles. The van der Waals surface area contributed by atoms with Gasteiger partial charge in [-0.2, -0.15) is 0 Å². The highest BCUT2D eigenvalue weighted by Gasteiger charge is 2.38. The van der Waals surface area contributed by atoms with Gasteiger partial charge < -0.3 is 9.15 Å². The predicted molar refractivity (Wildman–Crippen MR) is 203 cm³/mol. The first-order chi connectivity index (χ1) is 24.0. The molecule has 0 spiro atoms. The summed E-state index contributed by atoms with van der Waals surface area (Å²) in [4.78, 5) is 0. The van der Waals surface area contributed by atoms with Crippen LogP contribution in [0.25, 0.3) is 88.0 Å². The molecule has 0 saturated heterocycles. The fourth-order valence-electron chi connectivity index (χ4n) is 8.75. The Morgan fingerprint density at radius 1 is 0.449 bits per heavy atom. The van der Waals surface area contributed by atoms with E-state index in [1.807, 2.05) is 12.1 Å². The van der Waals surface area contributed by atoms with Crippen molar-refractivity contribution >= 4 is 43.5 Å². The molecule has 2 aliphatic rings. The monoisotopic (exact) mass is 626 g/mol. The highest BCUT2D eigenvalue weighted by atomic mass is 16.5. The molecule has 2 heteroatoms. The first-order valence-corrected chi connectivity index (χ1v) is 17.0. The van der Waals surface area contributed by atoms with Crippen LogP contribution in [0.15, 0.2) is 150 Å². The van der Waals surface area contributed by atoms with E-state index in [2.05, 4.69) is 147 Å². The van der Waals surface area contributed by atoms with Crippen molar-refractivity contribution in [2.45, 2.75) is 19.3 Å². The summed E-state index contributed by atoms with van der Waals surface area (Å²) >= 11 is 0. The molecule has 0 unspecified atom stereocenters. The molecule has 230 valence electrons. The van der Waals surface area contributed by atoms with E-state index in [1.54, 1.807) is 0 Å². The molecule has 0 atom stereocenters. The molecule has 0 radical (unpaired) electrons. The Bertz CT molecular complexity index is 2880. The molecule has 0 saturated carbocycles. The summed E-state index contributed by atoms with van der Waals surface area (Å²) in [6, 6.07) is 52.8. The molecule has 49 heavy (non-hydrogen) atoms. The lowest BCUT2D eigenvalue weighted by atomic mass is 9.78. The Labute approximate surface area is 283 Å². The van der Waals surface area contributed by atoms with E-state index in [9.17, 15) is 0 Å². The van der Waals surface area contributed by atoms with Crippen molar-refractivity contribution in [3.05, 3.63) is 157 Å². The largest absolute Gasteiger partial charge is 0.456 e. The van der Waals surface area contributed by atoms with Gasteiger partial charge in [-0.25, -0.2) is 0 Å². The van der Waals surface area contributed by atoms with E-state index >= 15 is 0 Å². The number of para-hydroxylation sites is 1. The summed E-state index contributed by atoms with van der Waals surface area (Å²) in [6.45, 7) is 4.76. The van der Waals surface area contributed by atoms with E-state index in [1.165, 1.54) is 71.6 Å². The van der Waals surface area contributed by atoms with E-state index in [0.717, 1.165) is 39.0 Å². The molecule has 0 bridgehead atoms. The minimum Gasteiger partial charge on any atom is -0.456 e. The summed E-state index contributed by atoms with van der Waals surface area (Å²) in [5.74, 6) is 1.82. The maximum Gasteiger partial charge on any atom is 0.136 e. The van der Waals surface area contributed by atoms with Crippen LogP contribution in [0.2, 0.25) is 0 Å². The maximum absolute atomic E-state index is 6.43. The summed E-state index contributed by atoms with van der Waals surface area (Å²) in [5, 5.41) is 7.22. The Kier molecular flexibility index (Phi) is 5.21. The van der Waals surface area contributed by atoms with Gasteiger partial charge in [0.25, 0.3) is 0 Å². The number of hydrogen-bond donors (Lipinski definition) is 0. The van der Waals surface area contributed by atoms with Gasteiger partial charge in [0.15, 0.2) is 0 Å². The number of furan rings is 1. The van der Waals surface area contributed by atoms with Crippen molar-refractivity contribution in [2.75, 3.05) is 0 Å². The summed E-state index contributed by atoms with van der Waals surface area (Å²) < 4.78 is 12.8. The van der Waals surface area contributed by atoms with Crippen molar-refractivity contribution in [2.24, 2.45) is 0 Å². The number of fused-ring (bicyclic) bond motifs is 10. The van der Waals surface area contributed by atoms with E-state index < -0.39 is 0 Å². The average molecular weight is 627 g/mol. The van der Waals surface area contributed by atoms with E-state index in [-0.39, 0.29) is 5.41 Å². The van der Waals surface area contributed by atoms with Gasteiger partial charge in [-0.1, -0.05) is 111 Å². The zero-order chi connectivity index (χ0) is 32.4. The third-order valence-electron chi connectivity index (χ3n) is 11.0. The Morgan fingerprint density at radius 2 is 1.20 bits per heavy atom. The van der Waals surface area contributed by atoms with Crippen LogP contribution in [-0.4, -0.2) is 0 Å². The zero-order valence-corrected chi connectivity index (χ0v) is 27.2. The van der Waals surface area contributed by atoms with Crippen LogP contribution in [0.3, 0.4) is 0 Å². The molecule has 11 rings (SSSR count). The predicted octanol–water partition coefficient (Wildman–Crippen LogP) is 13.3. The number of hydrogen-bond acceptors (Lipinski definition) is 2. The van der Waals surface area contributed by atoms with Gasteiger partial charge in [-0.05, 0) is 115 Å². The van der Waals surface area contributed by atoms with Gasteiger partial charge in [0, 0.05) is 27.1 Å². The van der Waals surface area contributed by atoms with Gasteiger partial charge >= 0.3 is 0 Å². The lowest BCUT2D eigenvalue weighted by Crippen LogP contribution is -2.15. The molecular formula is C47H30O2. The highest BCUT2D eigenvalue weighted by molar-refractivity contribution is 6.10. The van der Waals surface area contributed by atoms with Crippen molar-refractivity contribution in [3.8, 4) is 56.0 Å². The zero-order valence-electron chi connectivity index (χ0n) is 27.2. The molecule has 0 N–H and O–H groups in total. The lowest BCUT2D eigenvalue weighted by Gasteiger charge is -2.25. The highest BCUT2D eigenvalue weighted by Crippen LogP contribution is 2.55. The molecule has 2 nitrogen and oxygen atoms in total. The minimum atomic E-state index is -0.175. The van der Waals surface area contributed by atoms with Crippen molar-refractivity contribution in [1.29, 1.82) is 0 Å².